The normalized spacial score (nSPS) is 17.7. The molecule has 1 heterocycles. The lowest BCUT2D eigenvalue weighted by Crippen LogP contribution is -2.48. The number of alkyl halides is 3. The molecule has 1 N–H and O–H groups in total. The van der Waals surface area contributed by atoms with Gasteiger partial charge in [0.25, 0.3) is 11.8 Å². The van der Waals surface area contributed by atoms with Crippen molar-refractivity contribution in [3.8, 4) is 0 Å². The predicted octanol–water partition coefficient (Wildman–Crippen LogP) is 2.08. The van der Waals surface area contributed by atoms with E-state index in [4.69, 9.17) is 4.74 Å². The van der Waals surface area contributed by atoms with Gasteiger partial charge >= 0.3 is 18.2 Å². The Morgan fingerprint density at radius 2 is 1.65 bits per heavy atom. The summed E-state index contributed by atoms with van der Waals surface area (Å²) in [6, 6.07) is -1.76. The average molecular weight is 382 g/mol. The molecule has 0 aromatic heterocycles. The van der Waals surface area contributed by atoms with Crippen LogP contribution >= 0.6 is 0 Å². The van der Waals surface area contributed by atoms with E-state index >= 15 is 0 Å². The SMILES string of the molecule is CC(CC(NC(=O)OC(C)(C)C)C(=O)ON1C(=O)CCC1=O)C(F)(F)F. The highest BCUT2D eigenvalue weighted by Gasteiger charge is 2.41. The van der Waals surface area contributed by atoms with Gasteiger partial charge in [-0.15, -0.1) is 5.06 Å². The number of hydrogen-bond acceptors (Lipinski definition) is 6. The summed E-state index contributed by atoms with van der Waals surface area (Å²) in [6.07, 6.45) is -6.94. The fourth-order valence-electron chi connectivity index (χ4n) is 1.96. The van der Waals surface area contributed by atoms with E-state index in [0.29, 0.717) is 0 Å². The fraction of sp³-hybridized carbons (Fsp3) is 0.733. The molecule has 0 aliphatic carbocycles. The first kappa shape index (κ1) is 21.7. The minimum absolute atomic E-state index is 0.171. The van der Waals surface area contributed by atoms with E-state index in [1.807, 2.05) is 5.32 Å². The molecule has 3 amide bonds. The van der Waals surface area contributed by atoms with E-state index in [2.05, 4.69) is 4.84 Å². The van der Waals surface area contributed by atoms with Crippen LogP contribution in [-0.2, 0) is 24.0 Å². The number of rotatable bonds is 5. The van der Waals surface area contributed by atoms with Crippen molar-refractivity contribution in [2.75, 3.05) is 0 Å². The number of carbonyl (C=O) groups excluding carboxylic acids is 4. The first-order valence-corrected chi connectivity index (χ1v) is 7.84. The summed E-state index contributed by atoms with van der Waals surface area (Å²) < 4.78 is 43.3. The second-order valence-corrected chi connectivity index (χ2v) is 6.87. The van der Waals surface area contributed by atoms with Crippen LogP contribution in [0.2, 0.25) is 0 Å². The molecule has 1 saturated heterocycles. The molecule has 1 fully saturated rings. The van der Waals surface area contributed by atoms with Gasteiger partial charge in [-0.2, -0.15) is 13.2 Å². The highest BCUT2D eigenvalue weighted by molar-refractivity contribution is 6.01. The molecule has 11 heteroatoms. The molecular formula is C15H21F3N2O6. The third-order valence-corrected chi connectivity index (χ3v) is 3.31. The fourth-order valence-corrected chi connectivity index (χ4v) is 1.96. The number of alkyl carbamates (subject to hydrolysis) is 1. The topological polar surface area (TPSA) is 102 Å². The Hall–Kier alpha value is -2.33. The average Bonchev–Trinajstić information content (AvgIpc) is 2.75. The Kier molecular flexibility index (Phi) is 6.61. The van der Waals surface area contributed by atoms with Crippen molar-refractivity contribution in [1.29, 1.82) is 0 Å². The summed E-state index contributed by atoms with van der Waals surface area (Å²) in [5.74, 6) is -4.90. The van der Waals surface area contributed by atoms with Gasteiger partial charge in [-0.25, -0.2) is 9.59 Å². The second-order valence-electron chi connectivity index (χ2n) is 6.87. The van der Waals surface area contributed by atoms with Crippen molar-refractivity contribution >= 4 is 23.9 Å². The molecule has 1 rings (SSSR count). The third kappa shape index (κ3) is 6.52. The smallest absolute Gasteiger partial charge is 0.408 e. The molecule has 0 aromatic carbocycles. The van der Waals surface area contributed by atoms with Crippen molar-refractivity contribution in [2.45, 2.75) is 64.8 Å². The van der Waals surface area contributed by atoms with Crippen LogP contribution in [0.15, 0.2) is 0 Å². The number of halogens is 3. The second kappa shape index (κ2) is 7.92. The lowest BCUT2D eigenvalue weighted by molar-refractivity contribution is -0.201. The van der Waals surface area contributed by atoms with Gasteiger partial charge in [-0.1, -0.05) is 6.92 Å². The van der Waals surface area contributed by atoms with Crippen LogP contribution in [-0.4, -0.2) is 46.8 Å². The lowest BCUT2D eigenvalue weighted by Gasteiger charge is -2.25. The monoisotopic (exact) mass is 382 g/mol. The van der Waals surface area contributed by atoms with Crippen LogP contribution in [0.5, 0.6) is 0 Å². The number of hydrogen-bond donors (Lipinski definition) is 1. The Balaban J connectivity index is 2.88. The predicted molar refractivity (Wildman–Crippen MR) is 80.2 cm³/mol. The molecule has 2 unspecified atom stereocenters. The van der Waals surface area contributed by atoms with Gasteiger partial charge in [0.2, 0.25) is 0 Å². The van der Waals surface area contributed by atoms with Crippen LogP contribution in [0.4, 0.5) is 18.0 Å². The van der Waals surface area contributed by atoms with Gasteiger partial charge in [-0.3, -0.25) is 9.59 Å². The molecule has 26 heavy (non-hydrogen) atoms. The van der Waals surface area contributed by atoms with Crippen molar-refractivity contribution in [1.82, 2.24) is 10.4 Å². The molecular weight excluding hydrogens is 361 g/mol. The van der Waals surface area contributed by atoms with Gasteiger partial charge in [0.05, 0.1) is 5.92 Å². The van der Waals surface area contributed by atoms with Crippen molar-refractivity contribution in [3.05, 3.63) is 0 Å². The van der Waals surface area contributed by atoms with Gasteiger partial charge in [0, 0.05) is 12.8 Å². The molecule has 2 atom stereocenters. The van der Waals surface area contributed by atoms with E-state index in [1.54, 1.807) is 0 Å². The van der Waals surface area contributed by atoms with Crippen molar-refractivity contribution in [2.24, 2.45) is 5.92 Å². The minimum atomic E-state index is -4.62. The van der Waals surface area contributed by atoms with E-state index < -0.39 is 54.0 Å². The number of hydroxylamine groups is 2. The number of nitrogens with zero attached hydrogens (tertiary/aromatic N) is 1. The number of imide groups is 1. The molecule has 0 saturated carbocycles. The standard InChI is InChI=1S/C15H21F3N2O6/c1-8(15(16,17)18)7-9(19-13(24)25-14(2,3)4)12(23)26-20-10(21)5-6-11(20)22/h8-9H,5-7H2,1-4H3,(H,19,24). The molecule has 8 nitrogen and oxygen atoms in total. The van der Waals surface area contributed by atoms with Gasteiger partial charge in [0.1, 0.15) is 11.6 Å². The van der Waals surface area contributed by atoms with E-state index in [0.717, 1.165) is 6.92 Å². The number of nitrogens with one attached hydrogen (secondary N) is 1. The molecule has 1 aliphatic heterocycles. The Bertz CT molecular complexity index is 569. The van der Waals surface area contributed by atoms with Crippen molar-refractivity contribution in [3.63, 3.8) is 0 Å². The molecule has 148 valence electrons. The third-order valence-electron chi connectivity index (χ3n) is 3.31. The van der Waals surface area contributed by atoms with Crippen LogP contribution in [0, 0.1) is 5.92 Å². The van der Waals surface area contributed by atoms with E-state index in [9.17, 15) is 32.3 Å². The summed E-state index contributed by atoms with van der Waals surface area (Å²) in [5.41, 5.74) is -0.949. The summed E-state index contributed by atoms with van der Waals surface area (Å²) in [5, 5.41) is 2.19. The minimum Gasteiger partial charge on any atom is -0.444 e. The van der Waals surface area contributed by atoms with Gasteiger partial charge < -0.3 is 14.9 Å². The summed E-state index contributed by atoms with van der Waals surface area (Å²) in [7, 11) is 0. The number of ether oxygens (including phenoxy) is 1. The van der Waals surface area contributed by atoms with Crippen molar-refractivity contribution < 1.29 is 41.9 Å². The van der Waals surface area contributed by atoms with Crippen LogP contribution < -0.4 is 5.32 Å². The highest BCUT2D eigenvalue weighted by Crippen LogP contribution is 2.29. The van der Waals surface area contributed by atoms with Crippen LogP contribution in [0.1, 0.15) is 47.0 Å². The first-order chi connectivity index (χ1) is 11.7. The maximum atomic E-state index is 12.8. The zero-order valence-corrected chi connectivity index (χ0v) is 14.8. The van der Waals surface area contributed by atoms with Gasteiger partial charge in [0.15, 0.2) is 0 Å². The summed E-state index contributed by atoms with van der Waals surface area (Å²) >= 11 is 0. The first-order valence-electron chi connectivity index (χ1n) is 7.84. The van der Waals surface area contributed by atoms with Crippen LogP contribution in [0.3, 0.4) is 0 Å². The maximum Gasteiger partial charge on any atom is 0.408 e. The zero-order valence-electron chi connectivity index (χ0n) is 14.8. The van der Waals surface area contributed by atoms with Crippen LogP contribution in [0.25, 0.3) is 0 Å². The van der Waals surface area contributed by atoms with E-state index in [-0.39, 0.29) is 17.9 Å². The Morgan fingerprint density at radius 1 is 1.15 bits per heavy atom. The molecule has 0 bridgehead atoms. The molecule has 0 radical (unpaired) electrons. The highest BCUT2D eigenvalue weighted by atomic mass is 19.4. The number of carbonyl (C=O) groups is 4. The summed E-state index contributed by atoms with van der Waals surface area (Å²) in [6.45, 7) is 5.41. The zero-order chi connectivity index (χ0) is 20.3. The molecule has 0 aromatic rings. The largest absolute Gasteiger partial charge is 0.444 e. The Morgan fingerprint density at radius 3 is 2.08 bits per heavy atom. The molecule has 0 spiro atoms. The lowest BCUT2D eigenvalue weighted by atomic mass is 10.0. The number of amides is 3. The summed E-state index contributed by atoms with van der Waals surface area (Å²) in [4.78, 5) is 51.5. The maximum absolute atomic E-state index is 12.8. The Labute approximate surface area is 147 Å². The van der Waals surface area contributed by atoms with Gasteiger partial charge in [-0.05, 0) is 27.2 Å². The molecule has 1 aliphatic rings. The quantitative estimate of drug-likeness (QED) is 0.731. The van der Waals surface area contributed by atoms with E-state index in [1.165, 1.54) is 20.8 Å².